The third kappa shape index (κ3) is 3.21. The van der Waals surface area contributed by atoms with Gasteiger partial charge in [-0.15, -0.1) is 0 Å². The summed E-state index contributed by atoms with van der Waals surface area (Å²) in [6.45, 7) is 6.67. The predicted octanol–water partition coefficient (Wildman–Crippen LogP) is 0.0423. The highest BCUT2D eigenvalue weighted by molar-refractivity contribution is 5.78. The lowest BCUT2D eigenvalue weighted by Gasteiger charge is -2.35. The highest BCUT2D eigenvalue weighted by Gasteiger charge is 2.27. The Bertz CT molecular complexity index is 338. The summed E-state index contributed by atoms with van der Waals surface area (Å²) in [6, 6.07) is 2.10. The van der Waals surface area contributed by atoms with Gasteiger partial charge in [0.15, 0.2) is 0 Å². The van der Waals surface area contributed by atoms with Crippen LogP contribution in [-0.2, 0) is 4.79 Å². The molecule has 1 N–H and O–H groups in total. The zero-order valence-corrected chi connectivity index (χ0v) is 11.1. The van der Waals surface area contributed by atoms with Gasteiger partial charge in [-0.3, -0.25) is 9.69 Å². The number of amides is 1. The van der Waals surface area contributed by atoms with Crippen LogP contribution in [-0.4, -0.2) is 61.0 Å². The molecular formula is C13H22N4O. The largest absolute Gasteiger partial charge is 0.341 e. The highest BCUT2D eigenvalue weighted by atomic mass is 16.2. The standard InChI is InChI=1S/C13H22N4O/c1-11-3-2-5-17(9-11)13(18)10-16-6-4-15-8-12(16)7-14/h11-12,15H,2-6,8-10H2,1H3. The van der Waals surface area contributed by atoms with Gasteiger partial charge < -0.3 is 10.2 Å². The van der Waals surface area contributed by atoms with E-state index >= 15 is 0 Å². The monoisotopic (exact) mass is 250 g/mol. The summed E-state index contributed by atoms with van der Waals surface area (Å²) in [7, 11) is 0. The van der Waals surface area contributed by atoms with Crippen molar-refractivity contribution in [1.82, 2.24) is 15.1 Å². The van der Waals surface area contributed by atoms with Gasteiger partial charge in [0.05, 0.1) is 12.6 Å². The van der Waals surface area contributed by atoms with Crippen LogP contribution in [0.3, 0.4) is 0 Å². The average molecular weight is 250 g/mol. The second kappa shape index (κ2) is 6.17. The first-order valence-corrected chi connectivity index (χ1v) is 6.83. The molecule has 2 rings (SSSR count). The molecule has 18 heavy (non-hydrogen) atoms. The first kappa shape index (κ1) is 13.3. The Hall–Kier alpha value is -1.12. The van der Waals surface area contributed by atoms with Crippen molar-refractivity contribution < 1.29 is 4.79 Å². The Balaban J connectivity index is 1.87. The second-order valence-electron chi connectivity index (χ2n) is 5.41. The molecule has 2 unspecified atom stereocenters. The SMILES string of the molecule is CC1CCCN(C(=O)CN2CCNCC2C#N)C1. The van der Waals surface area contributed by atoms with Crippen molar-refractivity contribution in [2.24, 2.45) is 5.92 Å². The normalized spacial score (nSPS) is 29.9. The number of piperidine rings is 1. The van der Waals surface area contributed by atoms with Crippen molar-refractivity contribution in [3.8, 4) is 6.07 Å². The van der Waals surface area contributed by atoms with Crippen molar-refractivity contribution in [3.05, 3.63) is 0 Å². The summed E-state index contributed by atoms with van der Waals surface area (Å²) in [4.78, 5) is 16.2. The van der Waals surface area contributed by atoms with Crippen molar-refractivity contribution >= 4 is 5.91 Å². The molecule has 2 aliphatic rings. The lowest BCUT2D eigenvalue weighted by atomic mass is 10.0. The van der Waals surface area contributed by atoms with Crippen LogP contribution in [0.4, 0.5) is 0 Å². The minimum atomic E-state index is -0.162. The van der Waals surface area contributed by atoms with E-state index in [9.17, 15) is 4.79 Å². The summed E-state index contributed by atoms with van der Waals surface area (Å²) < 4.78 is 0. The third-order valence-electron chi connectivity index (χ3n) is 3.85. The van der Waals surface area contributed by atoms with Crippen LogP contribution in [0.5, 0.6) is 0 Å². The van der Waals surface area contributed by atoms with E-state index in [1.54, 1.807) is 0 Å². The number of nitrogens with one attached hydrogen (secondary N) is 1. The Morgan fingerprint density at radius 2 is 2.33 bits per heavy atom. The quantitative estimate of drug-likeness (QED) is 0.752. The van der Waals surface area contributed by atoms with Crippen LogP contribution in [0.1, 0.15) is 19.8 Å². The minimum absolute atomic E-state index is 0.162. The van der Waals surface area contributed by atoms with E-state index in [0.717, 1.165) is 32.6 Å². The molecule has 0 saturated carbocycles. The van der Waals surface area contributed by atoms with Gasteiger partial charge in [0.1, 0.15) is 6.04 Å². The molecule has 2 saturated heterocycles. The fraction of sp³-hybridized carbons (Fsp3) is 0.846. The molecule has 0 aromatic rings. The Kier molecular flexibility index (Phi) is 4.56. The van der Waals surface area contributed by atoms with Gasteiger partial charge in [-0.05, 0) is 18.8 Å². The maximum Gasteiger partial charge on any atom is 0.236 e. The van der Waals surface area contributed by atoms with Gasteiger partial charge >= 0.3 is 0 Å². The summed E-state index contributed by atoms with van der Waals surface area (Å²) in [5, 5.41) is 12.3. The van der Waals surface area contributed by atoms with E-state index in [4.69, 9.17) is 5.26 Å². The molecule has 0 radical (unpaired) electrons. The zero-order chi connectivity index (χ0) is 13.0. The van der Waals surface area contributed by atoms with Gasteiger partial charge in [-0.1, -0.05) is 6.92 Å². The fourth-order valence-corrected chi connectivity index (χ4v) is 2.75. The molecule has 0 bridgehead atoms. The number of hydrogen-bond acceptors (Lipinski definition) is 4. The third-order valence-corrected chi connectivity index (χ3v) is 3.85. The molecule has 0 aromatic heterocycles. The number of carbonyl (C=O) groups excluding carboxylic acids is 1. The second-order valence-corrected chi connectivity index (χ2v) is 5.41. The molecule has 100 valence electrons. The Morgan fingerprint density at radius 1 is 1.50 bits per heavy atom. The van der Waals surface area contributed by atoms with Crippen molar-refractivity contribution in [2.75, 3.05) is 39.3 Å². The molecule has 0 aliphatic carbocycles. The Labute approximate surface area is 109 Å². The van der Waals surface area contributed by atoms with Gasteiger partial charge in [-0.2, -0.15) is 5.26 Å². The van der Waals surface area contributed by atoms with Crippen LogP contribution in [0.2, 0.25) is 0 Å². The molecular weight excluding hydrogens is 228 g/mol. The number of carbonyl (C=O) groups is 1. The fourth-order valence-electron chi connectivity index (χ4n) is 2.75. The first-order chi connectivity index (χ1) is 8.70. The van der Waals surface area contributed by atoms with E-state index in [0.29, 0.717) is 19.0 Å². The summed E-state index contributed by atoms with van der Waals surface area (Å²) in [5.41, 5.74) is 0. The van der Waals surface area contributed by atoms with Crippen LogP contribution in [0.25, 0.3) is 0 Å². The van der Waals surface area contributed by atoms with Crippen LogP contribution in [0.15, 0.2) is 0 Å². The molecule has 1 amide bonds. The number of nitrogens with zero attached hydrogens (tertiary/aromatic N) is 3. The Morgan fingerprint density at radius 3 is 3.06 bits per heavy atom. The summed E-state index contributed by atoms with van der Waals surface area (Å²) in [5.74, 6) is 0.793. The lowest BCUT2D eigenvalue weighted by Crippen LogP contribution is -2.54. The summed E-state index contributed by atoms with van der Waals surface area (Å²) in [6.07, 6.45) is 2.33. The van der Waals surface area contributed by atoms with Gasteiger partial charge in [-0.25, -0.2) is 0 Å². The molecule has 2 aliphatic heterocycles. The van der Waals surface area contributed by atoms with Crippen LogP contribution < -0.4 is 5.32 Å². The van der Waals surface area contributed by atoms with E-state index in [1.165, 1.54) is 6.42 Å². The highest BCUT2D eigenvalue weighted by Crippen LogP contribution is 2.16. The average Bonchev–Trinajstić information content (AvgIpc) is 2.39. The van der Waals surface area contributed by atoms with Crippen molar-refractivity contribution in [3.63, 3.8) is 0 Å². The maximum absolute atomic E-state index is 12.2. The number of rotatable bonds is 2. The molecule has 2 atom stereocenters. The summed E-state index contributed by atoms with van der Waals surface area (Å²) >= 11 is 0. The van der Waals surface area contributed by atoms with Gasteiger partial charge in [0, 0.05) is 32.7 Å². The van der Waals surface area contributed by atoms with Crippen LogP contribution in [0, 0.1) is 17.2 Å². The topological polar surface area (TPSA) is 59.4 Å². The van der Waals surface area contributed by atoms with E-state index in [2.05, 4.69) is 18.3 Å². The number of nitriles is 1. The number of hydrogen-bond donors (Lipinski definition) is 1. The van der Waals surface area contributed by atoms with Crippen LogP contribution >= 0.6 is 0 Å². The maximum atomic E-state index is 12.2. The number of likely N-dealkylation sites (tertiary alicyclic amines) is 1. The molecule has 0 aromatic carbocycles. The van der Waals surface area contributed by atoms with Gasteiger partial charge in [0.25, 0.3) is 0 Å². The molecule has 2 heterocycles. The van der Waals surface area contributed by atoms with Crippen molar-refractivity contribution in [2.45, 2.75) is 25.8 Å². The molecule has 0 spiro atoms. The van der Waals surface area contributed by atoms with E-state index in [1.807, 2.05) is 9.80 Å². The molecule has 5 nitrogen and oxygen atoms in total. The minimum Gasteiger partial charge on any atom is -0.341 e. The van der Waals surface area contributed by atoms with Crippen molar-refractivity contribution in [1.29, 1.82) is 5.26 Å². The predicted molar refractivity (Wildman–Crippen MR) is 68.8 cm³/mol. The first-order valence-electron chi connectivity index (χ1n) is 6.83. The number of piperazine rings is 1. The molecule has 5 heteroatoms. The zero-order valence-electron chi connectivity index (χ0n) is 11.1. The van der Waals surface area contributed by atoms with Gasteiger partial charge in [0.2, 0.25) is 5.91 Å². The van der Waals surface area contributed by atoms with E-state index < -0.39 is 0 Å². The van der Waals surface area contributed by atoms with E-state index in [-0.39, 0.29) is 11.9 Å². The molecule has 2 fully saturated rings. The lowest BCUT2D eigenvalue weighted by molar-refractivity contribution is -0.134. The smallest absolute Gasteiger partial charge is 0.236 e.